The number of rotatable bonds is 6. The van der Waals surface area contributed by atoms with Gasteiger partial charge in [-0.2, -0.15) is 0 Å². The maximum Gasteiger partial charge on any atom is 0.292 e. The molecule has 4 rings (SSSR count). The third kappa shape index (κ3) is 4.71. The van der Waals surface area contributed by atoms with Crippen LogP contribution in [-0.2, 0) is 4.79 Å². The van der Waals surface area contributed by atoms with Crippen molar-refractivity contribution in [2.75, 3.05) is 36.8 Å². The fourth-order valence-corrected chi connectivity index (χ4v) is 4.54. The number of halogens is 1. The fourth-order valence-electron chi connectivity index (χ4n) is 3.53. The molecule has 3 aromatic rings. The van der Waals surface area contributed by atoms with Crippen LogP contribution in [0.25, 0.3) is 5.69 Å². The molecule has 0 radical (unpaired) electrons. The molecule has 166 valence electrons. The number of nitro benzene ring substituents is 1. The number of benzene rings is 2. The van der Waals surface area contributed by atoms with E-state index in [9.17, 15) is 14.9 Å². The Morgan fingerprint density at radius 2 is 1.94 bits per heavy atom. The van der Waals surface area contributed by atoms with E-state index in [1.54, 1.807) is 34.0 Å². The molecule has 0 atom stereocenters. The Morgan fingerprint density at radius 1 is 1.19 bits per heavy atom. The molecule has 32 heavy (non-hydrogen) atoms. The van der Waals surface area contributed by atoms with Crippen molar-refractivity contribution in [1.29, 1.82) is 0 Å². The highest BCUT2D eigenvalue weighted by Gasteiger charge is 2.25. The van der Waals surface area contributed by atoms with Gasteiger partial charge in [-0.15, -0.1) is 10.2 Å². The minimum Gasteiger partial charge on any atom is -0.362 e. The number of piperazine rings is 1. The summed E-state index contributed by atoms with van der Waals surface area (Å²) in [5, 5.41) is 20.7. The predicted molar refractivity (Wildman–Crippen MR) is 124 cm³/mol. The van der Waals surface area contributed by atoms with Crippen LogP contribution >= 0.6 is 23.4 Å². The topological polar surface area (TPSA) is 97.4 Å². The standard InChI is InChI=1S/C21H21ClN6O3S/c1-15-6-7-16(12-17(15)22)27-14-23-24-21(27)32-13-20(29)26-10-8-25(9-11-26)18-4-2-3-5-19(18)28(30)31/h2-7,12,14H,8-11,13H2,1H3. The van der Waals surface area contributed by atoms with Gasteiger partial charge < -0.3 is 9.80 Å². The highest BCUT2D eigenvalue weighted by Crippen LogP contribution is 2.29. The number of carbonyl (C=O) groups excluding carboxylic acids is 1. The average molecular weight is 473 g/mol. The lowest BCUT2D eigenvalue weighted by Gasteiger charge is -2.35. The minimum absolute atomic E-state index is 0.00583. The molecule has 0 unspecified atom stereocenters. The number of para-hydroxylation sites is 2. The molecule has 0 bridgehead atoms. The minimum atomic E-state index is -0.374. The molecule has 1 aliphatic heterocycles. The lowest BCUT2D eigenvalue weighted by molar-refractivity contribution is -0.384. The van der Waals surface area contributed by atoms with Gasteiger partial charge in [0.05, 0.1) is 16.4 Å². The van der Waals surface area contributed by atoms with Gasteiger partial charge in [0.15, 0.2) is 5.16 Å². The first-order valence-corrected chi connectivity index (χ1v) is 11.4. The first kappa shape index (κ1) is 22.1. The average Bonchev–Trinajstić information content (AvgIpc) is 3.28. The summed E-state index contributed by atoms with van der Waals surface area (Å²) < 4.78 is 1.80. The lowest BCUT2D eigenvalue weighted by atomic mass is 10.2. The quantitative estimate of drug-likeness (QED) is 0.307. The Balaban J connectivity index is 1.35. The summed E-state index contributed by atoms with van der Waals surface area (Å²) in [6.07, 6.45) is 1.60. The summed E-state index contributed by atoms with van der Waals surface area (Å²) in [4.78, 5) is 27.4. The van der Waals surface area contributed by atoms with Crippen molar-refractivity contribution >= 4 is 40.6 Å². The van der Waals surface area contributed by atoms with Crippen LogP contribution < -0.4 is 4.90 Å². The van der Waals surface area contributed by atoms with Gasteiger partial charge in [-0.25, -0.2) is 0 Å². The van der Waals surface area contributed by atoms with Crippen molar-refractivity contribution in [3.8, 4) is 5.69 Å². The van der Waals surface area contributed by atoms with Crippen LogP contribution in [0.15, 0.2) is 53.9 Å². The molecule has 1 aliphatic rings. The first-order chi connectivity index (χ1) is 15.4. The molecule has 9 nitrogen and oxygen atoms in total. The Morgan fingerprint density at radius 3 is 2.66 bits per heavy atom. The van der Waals surface area contributed by atoms with Crippen LogP contribution in [0.4, 0.5) is 11.4 Å². The van der Waals surface area contributed by atoms with Crippen LogP contribution in [0.5, 0.6) is 0 Å². The molecule has 2 heterocycles. The predicted octanol–water partition coefficient (Wildman–Crippen LogP) is 3.58. The molecule has 0 spiro atoms. The Kier molecular flexibility index (Phi) is 6.61. The monoisotopic (exact) mass is 472 g/mol. The molecule has 0 aliphatic carbocycles. The molecule has 1 amide bonds. The second kappa shape index (κ2) is 9.58. The van der Waals surface area contributed by atoms with Gasteiger partial charge in [-0.3, -0.25) is 19.5 Å². The second-order valence-electron chi connectivity index (χ2n) is 7.32. The van der Waals surface area contributed by atoms with E-state index < -0.39 is 0 Å². The van der Waals surface area contributed by atoms with Crippen molar-refractivity contribution in [2.45, 2.75) is 12.1 Å². The maximum absolute atomic E-state index is 12.8. The Labute approximate surface area is 194 Å². The van der Waals surface area contributed by atoms with Gasteiger partial charge >= 0.3 is 0 Å². The van der Waals surface area contributed by atoms with Crippen molar-refractivity contribution in [1.82, 2.24) is 19.7 Å². The fraction of sp³-hybridized carbons (Fsp3) is 0.286. The van der Waals surface area contributed by atoms with Gasteiger partial charge in [-0.05, 0) is 30.7 Å². The number of hydrogen-bond donors (Lipinski definition) is 0. The molecule has 0 saturated carbocycles. The van der Waals surface area contributed by atoms with E-state index >= 15 is 0 Å². The number of carbonyl (C=O) groups is 1. The zero-order valence-corrected chi connectivity index (χ0v) is 18.9. The van der Waals surface area contributed by atoms with Gasteiger partial charge in [-0.1, -0.05) is 41.6 Å². The molecule has 1 aromatic heterocycles. The second-order valence-corrected chi connectivity index (χ2v) is 8.67. The zero-order chi connectivity index (χ0) is 22.7. The van der Waals surface area contributed by atoms with Crippen molar-refractivity contribution < 1.29 is 9.72 Å². The number of nitro groups is 1. The van der Waals surface area contributed by atoms with E-state index in [-0.39, 0.29) is 22.3 Å². The molecule has 1 saturated heterocycles. The van der Waals surface area contributed by atoms with Crippen molar-refractivity contribution in [3.63, 3.8) is 0 Å². The Hall–Kier alpha value is -3.11. The normalized spacial score (nSPS) is 13.9. The SMILES string of the molecule is Cc1ccc(-n2cnnc2SCC(=O)N2CCN(c3ccccc3[N+](=O)[O-])CC2)cc1Cl. The van der Waals surface area contributed by atoms with Crippen LogP contribution in [0, 0.1) is 17.0 Å². The largest absolute Gasteiger partial charge is 0.362 e. The summed E-state index contributed by atoms with van der Waals surface area (Å²) >= 11 is 7.55. The van der Waals surface area contributed by atoms with E-state index in [4.69, 9.17) is 11.6 Å². The van der Waals surface area contributed by atoms with Gasteiger partial charge in [0, 0.05) is 37.3 Å². The lowest BCUT2D eigenvalue weighted by Crippen LogP contribution is -2.49. The van der Waals surface area contributed by atoms with Gasteiger partial charge in [0.1, 0.15) is 12.0 Å². The summed E-state index contributed by atoms with van der Waals surface area (Å²) in [6, 6.07) is 12.4. The number of aromatic nitrogens is 3. The van der Waals surface area contributed by atoms with E-state index in [0.717, 1.165) is 11.3 Å². The van der Waals surface area contributed by atoms with Crippen LogP contribution in [0.1, 0.15) is 5.56 Å². The van der Waals surface area contributed by atoms with E-state index in [2.05, 4.69) is 10.2 Å². The number of nitrogens with zero attached hydrogens (tertiary/aromatic N) is 6. The van der Waals surface area contributed by atoms with Crippen LogP contribution in [0.2, 0.25) is 5.02 Å². The summed E-state index contributed by atoms with van der Waals surface area (Å²) in [5.41, 5.74) is 2.48. The van der Waals surface area contributed by atoms with Crippen LogP contribution in [-0.4, -0.2) is 62.4 Å². The number of hydrogen-bond acceptors (Lipinski definition) is 7. The number of anilines is 1. The highest BCUT2D eigenvalue weighted by atomic mass is 35.5. The first-order valence-electron chi connectivity index (χ1n) is 9.99. The Bertz CT molecular complexity index is 1150. The van der Waals surface area contributed by atoms with Crippen LogP contribution in [0.3, 0.4) is 0 Å². The summed E-state index contributed by atoms with van der Waals surface area (Å²) in [5.74, 6) is 0.220. The maximum atomic E-state index is 12.8. The summed E-state index contributed by atoms with van der Waals surface area (Å²) in [7, 11) is 0. The third-order valence-electron chi connectivity index (χ3n) is 5.33. The molecule has 0 N–H and O–H groups in total. The molecular formula is C21H21ClN6O3S. The zero-order valence-electron chi connectivity index (χ0n) is 17.3. The van der Waals surface area contributed by atoms with E-state index in [1.807, 2.05) is 30.0 Å². The number of aryl methyl sites for hydroxylation is 1. The number of thioether (sulfide) groups is 1. The van der Waals surface area contributed by atoms with Gasteiger partial charge in [0.2, 0.25) is 5.91 Å². The van der Waals surface area contributed by atoms with Gasteiger partial charge in [0.25, 0.3) is 5.69 Å². The third-order valence-corrected chi connectivity index (χ3v) is 6.66. The van der Waals surface area contributed by atoms with E-state index in [1.165, 1.54) is 17.8 Å². The highest BCUT2D eigenvalue weighted by molar-refractivity contribution is 7.99. The smallest absolute Gasteiger partial charge is 0.292 e. The molecular weight excluding hydrogens is 452 g/mol. The van der Waals surface area contributed by atoms with E-state index in [0.29, 0.717) is 42.0 Å². The van der Waals surface area contributed by atoms with Crippen molar-refractivity contribution in [3.05, 3.63) is 69.5 Å². The number of amides is 1. The van der Waals surface area contributed by atoms with Crippen molar-refractivity contribution in [2.24, 2.45) is 0 Å². The summed E-state index contributed by atoms with van der Waals surface area (Å²) in [6.45, 7) is 4.03. The molecule has 2 aromatic carbocycles. The molecule has 11 heteroatoms. The molecule has 1 fully saturated rings.